The molecular formula is C11H18N2O4. The number of rotatable bonds is 2. The Morgan fingerprint density at radius 2 is 2.18 bits per heavy atom. The van der Waals surface area contributed by atoms with E-state index >= 15 is 0 Å². The van der Waals surface area contributed by atoms with E-state index in [1.807, 2.05) is 6.92 Å². The van der Waals surface area contributed by atoms with Gasteiger partial charge in [0.1, 0.15) is 0 Å². The highest BCUT2D eigenvalue weighted by molar-refractivity contribution is 5.77. The normalized spacial score (nSPS) is 32.8. The molecule has 2 aliphatic rings. The maximum atomic E-state index is 11.9. The number of aliphatic carboxylic acids is 1. The summed E-state index contributed by atoms with van der Waals surface area (Å²) < 4.78 is 5.36. The summed E-state index contributed by atoms with van der Waals surface area (Å²) in [6, 6.07) is -0.123. The molecule has 0 bridgehead atoms. The quantitative estimate of drug-likeness (QED) is 0.729. The highest BCUT2D eigenvalue weighted by Gasteiger charge is 2.33. The van der Waals surface area contributed by atoms with Crippen molar-refractivity contribution >= 4 is 12.0 Å². The van der Waals surface area contributed by atoms with Crippen LogP contribution in [-0.2, 0) is 9.53 Å². The van der Waals surface area contributed by atoms with Crippen molar-refractivity contribution in [2.75, 3.05) is 19.7 Å². The molecule has 3 atom stereocenters. The molecule has 0 aromatic rings. The number of hydrogen-bond acceptors (Lipinski definition) is 3. The van der Waals surface area contributed by atoms with E-state index in [4.69, 9.17) is 9.84 Å². The molecule has 3 unspecified atom stereocenters. The number of nitrogens with one attached hydrogen (secondary N) is 1. The van der Waals surface area contributed by atoms with Gasteiger partial charge in [0.25, 0.3) is 0 Å². The molecule has 0 saturated carbocycles. The molecule has 6 nitrogen and oxygen atoms in total. The van der Waals surface area contributed by atoms with Gasteiger partial charge in [-0.15, -0.1) is 0 Å². The summed E-state index contributed by atoms with van der Waals surface area (Å²) in [6.45, 7) is 3.43. The van der Waals surface area contributed by atoms with Crippen LogP contribution in [0.5, 0.6) is 0 Å². The van der Waals surface area contributed by atoms with Crippen molar-refractivity contribution in [3.63, 3.8) is 0 Å². The van der Waals surface area contributed by atoms with E-state index in [1.165, 1.54) is 0 Å². The summed E-state index contributed by atoms with van der Waals surface area (Å²) in [7, 11) is 0. The van der Waals surface area contributed by atoms with Crippen LogP contribution in [0.2, 0.25) is 0 Å². The van der Waals surface area contributed by atoms with Gasteiger partial charge in [-0.05, 0) is 19.8 Å². The fourth-order valence-electron chi connectivity index (χ4n) is 2.32. The van der Waals surface area contributed by atoms with Gasteiger partial charge >= 0.3 is 12.0 Å². The maximum Gasteiger partial charge on any atom is 0.317 e. The summed E-state index contributed by atoms with van der Waals surface area (Å²) in [5.41, 5.74) is 0. The number of carbonyl (C=O) groups is 2. The third kappa shape index (κ3) is 2.69. The Kier molecular flexibility index (Phi) is 3.51. The van der Waals surface area contributed by atoms with Crippen LogP contribution in [0.15, 0.2) is 0 Å². The lowest BCUT2D eigenvalue weighted by Crippen LogP contribution is -2.46. The van der Waals surface area contributed by atoms with E-state index in [1.54, 1.807) is 4.90 Å². The minimum Gasteiger partial charge on any atom is -0.481 e. The highest BCUT2D eigenvalue weighted by Crippen LogP contribution is 2.18. The van der Waals surface area contributed by atoms with Gasteiger partial charge in [-0.3, -0.25) is 4.79 Å². The average molecular weight is 242 g/mol. The molecule has 0 radical (unpaired) electrons. The molecule has 0 aromatic carbocycles. The van der Waals surface area contributed by atoms with Crippen molar-refractivity contribution in [1.82, 2.24) is 10.2 Å². The number of ether oxygens (including phenoxy) is 1. The number of carboxylic acids is 1. The van der Waals surface area contributed by atoms with E-state index in [0.29, 0.717) is 26.1 Å². The predicted octanol–water partition coefficient (Wildman–Crippen LogP) is 0.280. The molecule has 0 spiro atoms. The molecule has 2 amide bonds. The molecule has 6 heteroatoms. The zero-order valence-corrected chi connectivity index (χ0v) is 9.89. The molecule has 0 aliphatic carbocycles. The van der Waals surface area contributed by atoms with E-state index in [-0.39, 0.29) is 18.2 Å². The number of carboxylic acid groups (broad SMARTS) is 1. The summed E-state index contributed by atoms with van der Waals surface area (Å²) in [6.07, 6.45) is 1.40. The van der Waals surface area contributed by atoms with Gasteiger partial charge in [-0.1, -0.05) is 0 Å². The van der Waals surface area contributed by atoms with Gasteiger partial charge < -0.3 is 20.1 Å². The van der Waals surface area contributed by atoms with Gasteiger partial charge in [0, 0.05) is 19.7 Å². The van der Waals surface area contributed by atoms with Crippen molar-refractivity contribution in [3.8, 4) is 0 Å². The van der Waals surface area contributed by atoms with Crippen LogP contribution in [-0.4, -0.2) is 53.8 Å². The number of nitrogens with zero attached hydrogens (tertiary/aromatic N) is 1. The zero-order chi connectivity index (χ0) is 12.4. The minimum absolute atomic E-state index is 0.0387. The lowest BCUT2D eigenvalue weighted by atomic mass is 10.1. The second-order valence-electron chi connectivity index (χ2n) is 4.69. The Morgan fingerprint density at radius 1 is 1.41 bits per heavy atom. The van der Waals surface area contributed by atoms with E-state index in [9.17, 15) is 9.59 Å². The SMILES string of the molecule is CC1OCCC1NC(=O)N1CCC(C(=O)O)C1. The predicted molar refractivity (Wildman–Crippen MR) is 59.7 cm³/mol. The number of hydrogen-bond donors (Lipinski definition) is 2. The zero-order valence-electron chi connectivity index (χ0n) is 9.89. The van der Waals surface area contributed by atoms with E-state index in [0.717, 1.165) is 6.42 Å². The third-order valence-corrected chi connectivity index (χ3v) is 3.51. The standard InChI is InChI=1S/C11H18N2O4/c1-7-9(3-5-17-7)12-11(16)13-4-2-8(6-13)10(14)15/h7-9H,2-6H2,1H3,(H,12,16)(H,14,15). The first-order chi connectivity index (χ1) is 8.08. The molecule has 2 saturated heterocycles. The van der Waals surface area contributed by atoms with Gasteiger partial charge in [0.2, 0.25) is 0 Å². The van der Waals surface area contributed by atoms with Crippen molar-refractivity contribution in [2.45, 2.75) is 31.9 Å². The average Bonchev–Trinajstić information content (AvgIpc) is 2.88. The third-order valence-electron chi connectivity index (χ3n) is 3.51. The second-order valence-corrected chi connectivity index (χ2v) is 4.69. The number of likely N-dealkylation sites (tertiary alicyclic amines) is 1. The van der Waals surface area contributed by atoms with Crippen LogP contribution >= 0.6 is 0 Å². The monoisotopic (exact) mass is 242 g/mol. The van der Waals surface area contributed by atoms with Crippen molar-refractivity contribution in [1.29, 1.82) is 0 Å². The minimum atomic E-state index is -0.821. The fourth-order valence-corrected chi connectivity index (χ4v) is 2.32. The van der Waals surface area contributed by atoms with Crippen LogP contribution in [0, 0.1) is 5.92 Å². The summed E-state index contributed by atoms with van der Waals surface area (Å²) >= 11 is 0. The van der Waals surface area contributed by atoms with Crippen LogP contribution in [0.3, 0.4) is 0 Å². The smallest absolute Gasteiger partial charge is 0.317 e. The van der Waals surface area contributed by atoms with Gasteiger partial charge in [-0.2, -0.15) is 0 Å². The summed E-state index contributed by atoms with van der Waals surface area (Å²) in [5.74, 6) is -1.24. The molecule has 2 heterocycles. The van der Waals surface area contributed by atoms with Gasteiger partial charge in [0.05, 0.1) is 18.1 Å². The summed E-state index contributed by atoms with van der Waals surface area (Å²) in [5, 5.41) is 11.8. The Hall–Kier alpha value is -1.30. The first-order valence-corrected chi connectivity index (χ1v) is 5.98. The molecule has 2 aliphatic heterocycles. The lowest BCUT2D eigenvalue weighted by molar-refractivity contribution is -0.141. The van der Waals surface area contributed by atoms with Crippen molar-refractivity contribution < 1.29 is 19.4 Å². The maximum absolute atomic E-state index is 11.9. The topological polar surface area (TPSA) is 78.9 Å². The van der Waals surface area contributed by atoms with Gasteiger partial charge in [0.15, 0.2) is 0 Å². The number of urea groups is 1. The molecule has 96 valence electrons. The molecular weight excluding hydrogens is 224 g/mol. The number of carbonyl (C=O) groups excluding carboxylic acids is 1. The van der Waals surface area contributed by atoms with Crippen LogP contribution in [0.25, 0.3) is 0 Å². The Labute approximate surface area is 99.9 Å². The van der Waals surface area contributed by atoms with Crippen LogP contribution < -0.4 is 5.32 Å². The van der Waals surface area contributed by atoms with E-state index in [2.05, 4.69) is 5.32 Å². The van der Waals surface area contributed by atoms with Crippen LogP contribution in [0.1, 0.15) is 19.8 Å². The molecule has 2 N–H and O–H groups in total. The lowest BCUT2D eigenvalue weighted by Gasteiger charge is -2.21. The first-order valence-electron chi connectivity index (χ1n) is 5.98. The second kappa shape index (κ2) is 4.91. The Morgan fingerprint density at radius 3 is 2.71 bits per heavy atom. The number of amides is 2. The fraction of sp³-hybridized carbons (Fsp3) is 0.818. The Bertz CT molecular complexity index is 321. The molecule has 2 fully saturated rings. The Balaban J connectivity index is 1.83. The summed E-state index contributed by atoms with van der Waals surface area (Å²) in [4.78, 5) is 24.2. The largest absolute Gasteiger partial charge is 0.481 e. The highest BCUT2D eigenvalue weighted by atomic mass is 16.5. The molecule has 0 aromatic heterocycles. The molecule has 2 rings (SSSR count). The van der Waals surface area contributed by atoms with E-state index < -0.39 is 11.9 Å². The van der Waals surface area contributed by atoms with Crippen molar-refractivity contribution in [2.24, 2.45) is 5.92 Å². The molecule has 17 heavy (non-hydrogen) atoms. The van der Waals surface area contributed by atoms with Gasteiger partial charge in [-0.25, -0.2) is 4.79 Å². The van der Waals surface area contributed by atoms with Crippen molar-refractivity contribution in [3.05, 3.63) is 0 Å². The first kappa shape index (κ1) is 12.2. The van der Waals surface area contributed by atoms with Crippen LogP contribution in [0.4, 0.5) is 4.79 Å².